The van der Waals surface area contributed by atoms with Gasteiger partial charge in [-0.15, -0.1) is 0 Å². The topological polar surface area (TPSA) is 59.9 Å². The molecule has 0 aromatic rings. The van der Waals surface area contributed by atoms with Crippen LogP contribution in [-0.4, -0.2) is 21.4 Å². The lowest BCUT2D eigenvalue weighted by molar-refractivity contribution is -0.0384. The first-order chi connectivity index (χ1) is 8.27. The van der Waals surface area contributed by atoms with E-state index in [2.05, 4.69) is 32.7 Å². The molecule has 3 rings (SSSR count). The third kappa shape index (κ3) is 1.89. The Kier molecular flexibility index (Phi) is 2.91. The number of H-pyrrole nitrogens is 1. The van der Waals surface area contributed by atoms with Gasteiger partial charge in [-0.1, -0.05) is 0 Å². The second kappa shape index (κ2) is 4.41. The van der Waals surface area contributed by atoms with E-state index < -0.39 is 0 Å². The molecule has 3 aliphatic heterocycles. The Morgan fingerprint density at radius 1 is 1.53 bits per heavy atom. The van der Waals surface area contributed by atoms with Crippen molar-refractivity contribution in [2.24, 2.45) is 0 Å². The monoisotopic (exact) mass is 345 g/mol. The molecule has 0 radical (unpaired) electrons. The maximum atomic E-state index is 11.7. The fourth-order valence-corrected chi connectivity index (χ4v) is 2.98. The molecule has 1 saturated heterocycles. The molecular weight excluding hydrogens is 333 g/mol. The van der Waals surface area contributed by atoms with E-state index in [1.165, 1.54) is 0 Å². The minimum Gasteiger partial charge on any atom is -0.357 e. The SMILES string of the molecule is O=c1nccc2n(C3CCCCO3)[nH]c(I)c1-2. The summed E-state index contributed by atoms with van der Waals surface area (Å²) in [6, 6.07) is 1.85. The highest BCUT2D eigenvalue weighted by atomic mass is 127. The Morgan fingerprint density at radius 3 is 3.18 bits per heavy atom. The lowest BCUT2D eigenvalue weighted by atomic mass is 10.1. The largest absolute Gasteiger partial charge is 0.357 e. The van der Waals surface area contributed by atoms with Crippen LogP contribution in [0.2, 0.25) is 0 Å². The summed E-state index contributed by atoms with van der Waals surface area (Å²) < 4.78 is 8.50. The average Bonchev–Trinajstić information content (AvgIpc) is 2.69. The third-order valence-electron chi connectivity index (χ3n) is 3.04. The third-order valence-corrected chi connectivity index (χ3v) is 3.82. The normalized spacial score (nSPS) is 20.9. The van der Waals surface area contributed by atoms with Crippen molar-refractivity contribution in [3.63, 3.8) is 0 Å². The summed E-state index contributed by atoms with van der Waals surface area (Å²) >= 11 is 2.13. The molecule has 3 aliphatic rings. The predicted octanol–water partition coefficient (Wildman–Crippen LogP) is 1.98. The number of fused-ring (bicyclic) bond motifs is 1. The summed E-state index contributed by atoms with van der Waals surface area (Å²) in [5, 5.41) is 3.20. The zero-order chi connectivity index (χ0) is 11.8. The highest BCUT2D eigenvalue weighted by Gasteiger charge is 2.24. The molecule has 3 heterocycles. The van der Waals surface area contributed by atoms with Gasteiger partial charge in [0, 0.05) is 12.8 Å². The van der Waals surface area contributed by atoms with Gasteiger partial charge >= 0.3 is 0 Å². The molecule has 0 spiro atoms. The lowest BCUT2D eigenvalue weighted by Gasteiger charge is -2.24. The van der Waals surface area contributed by atoms with Gasteiger partial charge < -0.3 is 4.74 Å². The summed E-state index contributed by atoms with van der Waals surface area (Å²) in [5.74, 6) is 0. The quantitative estimate of drug-likeness (QED) is 0.804. The zero-order valence-corrected chi connectivity index (χ0v) is 11.3. The molecule has 1 atom stereocenters. The van der Waals surface area contributed by atoms with E-state index in [1.807, 2.05) is 10.7 Å². The van der Waals surface area contributed by atoms with Gasteiger partial charge in [0.25, 0.3) is 5.56 Å². The fourth-order valence-electron chi connectivity index (χ4n) is 2.22. The molecule has 0 amide bonds. The van der Waals surface area contributed by atoms with Crippen molar-refractivity contribution in [3.8, 4) is 11.3 Å². The zero-order valence-electron chi connectivity index (χ0n) is 9.15. The van der Waals surface area contributed by atoms with Gasteiger partial charge in [-0.25, -0.2) is 4.98 Å². The lowest BCUT2D eigenvalue weighted by Crippen LogP contribution is -2.20. The maximum absolute atomic E-state index is 11.7. The molecule has 1 fully saturated rings. The van der Waals surface area contributed by atoms with Crippen LogP contribution in [0.25, 0.3) is 11.3 Å². The van der Waals surface area contributed by atoms with E-state index in [1.54, 1.807) is 6.20 Å². The molecular formula is C11H12IN3O2. The molecule has 5 nitrogen and oxygen atoms in total. The van der Waals surface area contributed by atoms with Crippen LogP contribution in [0.5, 0.6) is 0 Å². The van der Waals surface area contributed by atoms with Crippen LogP contribution in [0.15, 0.2) is 17.1 Å². The van der Waals surface area contributed by atoms with E-state index in [9.17, 15) is 4.79 Å². The molecule has 90 valence electrons. The molecule has 0 aromatic heterocycles. The van der Waals surface area contributed by atoms with Crippen molar-refractivity contribution < 1.29 is 4.74 Å². The minimum absolute atomic E-state index is 0.0107. The second-order valence-corrected chi connectivity index (χ2v) is 5.21. The van der Waals surface area contributed by atoms with Gasteiger partial charge in [0.2, 0.25) is 0 Å². The van der Waals surface area contributed by atoms with Crippen LogP contribution in [0, 0.1) is 3.70 Å². The summed E-state index contributed by atoms with van der Waals surface area (Å²) in [4.78, 5) is 15.5. The van der Waals surface area contributed by atoms with Crippen molar-refractivity contribution >= 4 is 22.6 Å². The number of nitrogens with zero attached hydrogens (tertiary/aromatic N) is 2. The van der Waals surface area contributed by atoms with Crippen LogP contribution in [0.4, 0.5) is 0 Å². The summed E-state index contributed by atoms with van der Waals surface area (Å²) in [5.41, 5.74) is 1.35. The minimum atomic E-state index is -0.183. The Bertz CT molecular complexity index is 556. The maximum Gasteiger partial charge on any atom is 0.281 e. The summed E-state index contributed by atoms with van der Waals surface area (Å²) in [6.07, 6.45) is 4.81. The Labute approximate surface area is 112 Å². The first kappa shape index (κ1) is 11.2. The van der Waals surface area contributed by atoms with Crippen LogP contribution in [0.1, 0.15) is 25.5 Å². The van der Waals surface area contributed by atoms with Crippen molar-refractivity contribution in [1.29, 1.82) is 0 Å². The van der Waals surface area contributed by atoms with Crippen molar-refractivity contribution in [3.05, 3.63) is 26.3 Å². The highest BCUT2D eigenvalue weighted by molar-refractivity contribution is 14.1. The van der Waals surface area contributed by atoms with Crippen molar-refractivity contribution in [2.75, 3.05) is 6.61 Å². The molecule has 1 unspecified atom stereocenters. The van der Waals surface area contributed by atoms with Crippen LogP contribution in [0.3, 0.4) is 0 Å². The first-order valence-corrected chi connectivity index (χ1v) is 6.71. The summed E-state index contributed by atoms with van der Waals surface area (Å²) in [6.45, 7) is 0.782. The molecule has 6 heteroatoms. The smallest absolute Gasteiger partial charge is 0.281 e. The van der Waals surface area contributed by atoms with E-state index in [-0.39, 0.29) is 11.8 Å². The number of rotatable bonds is 1. The number of aromatic nitrogens is 3. The number of ether oxygens (including phenoxy) is 1. The highest BCUT2D eigenvalue weighted by Crippen LogP contribution is 2.30. The Morgan fingerprint density at radius 2 is 2.41 bits per heavy atom. The van der Waals surface area contributed by atoms with Crippen molar-refractivity contribution in [2.45, 2.75) is 25.5 Å². The van der Waals surface area contributed by atoms with E-state index >= 15 is 0 Å². The number of hydrogen-bond acceptors (Lipinski definition) is 3. The second-order valence-electron chi connectivity index (χ2n) is 4.13. The number of nitrogens with one attached hydrogen (secondary N) is 1. The van der Waals surface area contributed by atoms with Crippen molar-refractivity contribution in [1.82, 2.24) is 14.8 Å². The van der Waals surface area contributed by atoms with Crippen LogP contribution in [-0.2, 0) is 4.74 Å². The molecule has 0 bridgehead atoms. The average molecular weight is 345 g/mol. The summed E-state index contributed by atoms with van der Waals surface area (Å²) in [7, 11) is 0. The Hall–Kier alpha value is -0.890. The number of halogens is 1. The van der Waals surface area contributed by atoms with Gasteiger partial charge in [0.1, 0.15) is 9.93 Å². The van der Waals surface area contributed by atoms with Gasteiger partial charge in [-0.2, -0.15) is 0 Å². The molecule has 1 N–H and O–H groups in total. The van der Waals surface area contributed by atoms with Gasteiger partial charge in [0.05, 0.1) is 11.3 Å². The van der Waals surface area contributed by atoms with Gasteiger partial charge in [-0.3, -0.25) is 14.6 Å². The van der Waals surface area contributed by atoms with E-state index in [0.717, 1.165) is 35.3 Å². The first-order valence-electron chi connectivity index (χ1n) is 5.63. The standard InChI is InChI=1S/C11H12IN3O2/c12-10-9-7(4-5-13-11(9)16)15(14-10)8-3-1-2-6-17-8/h4-5,8,14H,1-3,6H2. The number of aromatic amines is 1. The molecule has 0 aliphatic carbocycles. The van der Waals surface area contributed by atoms with Crippen LogP contribution < -0.4 is 5.56 Å². The number of pyridine rings is 1. The Balaban J connectivity index is 2.10. The fraction of sp³-hybridized carbons (Fsp3) is 0.455. The van der Waals surface area contributed by atoms with Gasteiger partial charge in [-0.05, 0) is 47.9 Å². The predicted molar refractivity (Wildman–Crippen MR) is 71.0 cm³/mol. The van der Waals surface area contributed by atoms with Crippen LogP contribution >= 0.6 is 22.6 Å². The van der Waals surface area contributed by atoms with E-state index in [0.29, 0.717) is 5.56 Å². The molecule has 17 heavy (non-hydrogen) atoms. The molecule has 0 aromatic carbocycles. The number of hydrogen-bond donors (Lipinski definition) is 1. The van der Waals surface area contributed by atoms with E-state index in [4.69, 9.17) is 4.74 Å². The molecule has 0 saturated carbocycles. The van der Waals surface area contributed by atoms with Gasteiger partial charge in [0.15, 0.2) is 0 Å².